The summed E-state index contributed by atoms with van der Waals surface area (Å²) in [7, 11) is 1.67. The Kier molecular flexibility index (Phi) is 8.27. The van der Waals surface area contributed by atoms with Crippen LogP contribution in [0.25, 0.3) is 0 Å². The number of carbonyl (C=O) groups is 1. The van der Waals surface area contributed by atoms with Crippen molar-refractivity contribution in [3.05, 3.63) is 53.6 Å². The number of rotatable bonds is 9. The molecule has 0 unspecified atom stereocenters. The molecule has 33 heavy (non-hydrogen) atoms. The standard InChI is InChI=1S/C26H32F3NO3/c1-4-15-33-22-9-10-23(24(17-22)32-3)30-13-11-21(12-14-30)20-7-5-19(6-8-20)18(2)16-25(31)26(27,28)29/h5-10,17-18,21H,4,11-16H2,1-3H3/t18-/m1/s1. The van der Waals surface area contributed by atoms with E-state index in [1.807, 2.05) is 42.5 Å². The van der Waals surface area contributed by atoms with E-state index in [1.54, 1.807) is 14.0 Å². The van der Waals surface area contributed by atoms with Crippen LogP contribution in [-0.4, -0.2) is 38.8 Å². The van der Waals surface area contributed by atoms with Gasteiger partial charge in [0.2, 0.25) is 5.78 Å². The van der Waals surface area contributed by atoms with Crippen molar-refractivity contribution >= 4 is 11.5 Å². The Balaban J connectivity index is 1.59. The Morgan fingerprint density at radius 3 is 2.36 bits per heavy atom. The lowest BCUT2D eigenvalue weighted by Gasteiger charge is -2.34. The van der Waals surface area contributed by atoms with Crippen molar-refractivity contribution in [3.8, 4) is 11.5 Å². The van der Waals surface area contributed by atoms with Crippen molar-refractivity contribution in [3.63, 3.8) is 0 Å². The molecule has 1 aliphatic heterocycles. The van der Waals surface area contributed by atoms with Crippen LogP contribution < -0.4 is 14.4 Å². The zero-order valence-corrected chi connectivity index (χ0v) is 19.5. The number of anilines is 1. The van der Waals surface area contributed by atoms with Crippen LogP contribution >= 0.6 is 0 Å². The number of ketones is 1. The van der Waals surface area contributed by atoms with Gasteiger partial charge in [-0.15, -0.1) is 0 Å². The molecule has 0 N–H and O–H groups in total. The van der Waals surface area contributed by atoms with Gasteiger partial charge in [0.25, 0.3) is 0 Å². The molecule has 1 atom stereocenters. The maximum Gasteiger partial charge on any atom is 0.449 e. The van der Waals surface area contributed by atoms with Crippen LogP contribution in [0, 0.1) is 0 Å². The minimum Gasteiger partial charge on any atom is -0.494 e. The number of carbonyl (C=O) groups excluding carboxylic acids is 1. The summed E-state index contributed by atoms with van der Waals surface area (Å²) in [5.41, 5.74) is 2.99. The molecule has 0 spiro atoms. The summed E-state index contributed by atoms with van der Waals surface area (Å²) in [6.45, 7) is 6.16. The Labute approximate surface area is 193 Å². The van der Waals surface area contributed by atoms with Crippen LogP contribution in [0.5, 0.6) is 11.5 Å². The van der Waals surface area contributed by atoms with Gasteiger partial charge in [-0.05, 0) is 54.4 Å². The second kappa shape index (κ2) is 10.9. The topological polar surface area (TPSA) is 38.8 Å². The molecule has 2 aromatic carbocycles. The number of ether oxygens (including phenoxy) is 2. The summed E-state index contributed by atoms with van der Waals surface area (Å²) in [6, 6.07) is 13.6. The Morgan fingerprint density at radius 2 is 1.79 bits per heavy atom. The van der Waals surface area contributed by atoms with Crippen molar-refractivity contribution in [1.82, 2.24) is 0 Å². The average Bonchev–Trinajstić information content (AvgIpc) is 2.82. The molecule has 3 rings (SSSR count). The molecule has 0 aromatic heterocycles. The number of halogens is 3. The highest BCUT2D eigenvalue weighted by atomic mass is 19.4. The van der Waals surface area contributed by atoms with Gasteiger partial charge in [0.1, 0.15) is 11.5 Å². The molecule has 0 bridgehead atoms. The van der Waals surface area contributed by atoms with E-state index in [-0.39, 0.29) is 0 Å². The lowest BCUT2D eigenvalue weighted by molar-refractivity contribution is -0.171. The largest absolute Gasteiger partial charge is 0.494 e. The molecule has 1 saturated heterocycles. The number of hydrogen-bond acceptors (Lipinski definition) is 4. The normalized spacial score (nSPS) is 15.9. The van der Waals surface area contributed by atoms with E-state index in [0.717, 1.165) is 55.1 Å². The Bertz CT molecular complexity index is 919. The predicted molar refractivity (Wildman–Crippen MR) is 124 cm³/mol. The van der Waals surface area contributed by atoms with Crippen molar-refractivity contribution < 1.29 is 27.4 Å². The number of Topliss-reactive ketones (excluding diaryl/α,β-unsaturated/α-hetero) is 1. The molecule has 1 aliphatic rings. The fourth-order valence-electron chi connectivity index (χ4n) is 4.29. The second-order valence-electron chi connectivity index (χ2n) is 8.64. The van der Waals surface area contributed by atoms with E-state index in [0.29, 0.717) is 12.5 Å². The lowest BCUT2D eigenvalue weighted by Crippen LogP contribution is -2.33. The molecular weight excluding hydrogens is 431 g/mol. The highest BCUT2D eigenvalue weighted by Gasteiger charge is 2.38. The number of alkyl halides is 3. The molecule has 7 heteroatoms. The highest BCUT2D eigenvalue weighted by Crippen LogP contribution is 2.37. The molecule has 0 aliphatic carbocycles. The first-order valence-corrected chi connectivity index (χ1v) is 11.5. The average molecular weight is 464 g/mol. The van der Waals surface area contributed by atoms with Gasteiger partial charge in [-0.2, -0.15) is 13.2 Å². The first-order chi connectivity index (χ1) is 15.7. The van der Waals surface area contributed by atoms with Crippen LogP contribution in [0.4, 0.5) is 18.9 Å². The molecule has 4 nitrogen and oxygen atoms in total. The van der Waals surface area contributed by atoms with Crippen LogP contribution in [0.3, 0.4) is 0 Å². The van der Waals surface area contributed by atoms with E-state index in [9.17, 15) is 18.0 Å². The monoisotopic (exact) mass is 463 g/mol. The van der Waals surface area contributed by atoms with Gasteiger partial charge in [0.15, 0.2) is 0 Å². The molecule has 1 fully saturated rings. The Hall–Kier alpha value is -2.70. The van der Waals surface area contributed by atoms with Crippen molar-refractivity contribution in [1.29, 1.82) is 0 Å². The van der Waals surface area contributed by atoms with Crippen LogP contribution in [0.15, 0.2) is 42.5 Å². The fourth-order valence-corrected chi connectivity index (χ4v) is 4.29. The number of piperidine rings is 1. The zero-order chi connectivity index (χ0) is 24.0. The minimum atomic E-state index is -4.77. The second-order valence-corrected chi connectivity index (χ2v) is 8.64. The number of methoxy groups -OCH3 is 1. The van der Waals surface area contributed by atoms with E-state index in [1.165, 1.54) is 5.56 Å². The van der Waals surface area contributed by atoms with Gasteiger partial charge >= 0.3 is 6.18 Å². The van der Waals surface area contributed by atoms with Gasteiger partial charge < -0.3 is 14.4 Å². The Morgan fingerprint density at radius 1 is 1.12 bits per heavy atom. The van der Waals surface area contributed by atoms with E-state index >= 15 is 0 Å². The lowest BCUT2D eigenvalue weighted by atomic mass is 9.87. The smallest absolute Gasteiger partial charge is 0.449 e. The minimum absolute atomic E-state index is 0.389. The highest BCUT2D eigenvalue weighted by molar-refractivity contribution is 5.84. The molecule has 1 heterocycles. The summed E-state index contributed by atoms with van der Waals surface area (Å²) >= 11 is 0. The molecular formula is C26H32F3NO3. The number of nitrogens with zero attached hydrogens (tertiary/aromatic N) is 1. The van der Waals surface area contributed by atoms with Gasteiger partial charge in [-0.25, -0.2) is 0 Å². The first-order valence-electron chi connectivity index (χ1n) is 11.5. The molecule has 0 amide bonds. The van der Waals surface area contributed by atoms with E-state index in [2.05, 4.69) is 11.8 Å². The van der Waals surface area contributed by atoms with E-state index < -0.39 is 24.3 Å². The van der Waals surface area contributed by atoms with Crippen LogP contribution in [-0.2, 0) is 4.79 Å². The predicted octanol–water partition coefficient (Wildman–Crippen LogP) is 6.49. The van der Waals surface area contributed by atoms with Crippen LogP contribution in [0.2, 0.25) is 0 Å². The van der Waals surface area contributed by atoms with Crippen molar-refractivity contribution in [2.24, 2.45) is 0 Å². The SMILES string of the molecule is CCCOc1ccc(N2CCC(c3ccc([C@H](C)CC(=O)C(F)(F)F)cc3)CC2)c(OC)c1. The third kappa shape index (κ3) is 6.42. The van der Waals surface area contributed by atoms with Crippen LogP contribution in [0.1, 0.15) is 62.5 Å². The molecule has 2 aromatic rings. The molecule has 180 valence electrons. The summed E-state index contributed by atoms with van der Waals surface area (Å²) in [6.07, 6.45) is -2.40. The fraction of sp³-hybridized carbons (Fsp3) is 0.500. The van der Waals surface area contributed by atoms with Gasteiger partial charge in [0.05, 0.1) is 19.4 Å². The van der Waals surface area contributed by atoms with Gasteiger partial charge in [-0.1, -0.05) is 38.1 Å². The quantitative estimate of drug-likeness (QED) is 0.426. The molecule has 0 radical (unpaired) electrons. The summed E-state index contributed by atoms with van der Waals surface area (Å²) in [5, 5.41) is 0. The van der Waals surface area contributed by atoms with Gasteiger partial charge in [0, 0.05) is 25.6 Å². The third-order valence-electron chi connectivity index (χ3n) is 6.24. The summed E-state index contributed by atoms with van der Waals surface area (Å²) < 4.78 is 48.9. The summed E-state index contributed by atoms with van der Waals surface area (Å²) in [4.78, 5) is 13.6. The van der Waals surface area contributed by atoms with E-state index in [4.69, 9.17) is 9.47 Å². The van der Waals surface area contributed by atoms with Crippen molar-refractivity contribution in [2.45, 2.75) is 57.5 Å². The molecule has 0 saturated carbocycles. The summed E-state index contributed by atoms with van der Waals surface area (Å²) in [5.74, 6) is -0.147. The maximum atomic E-state index is 12.5. The van der Waals surface area contributed by atoms with Gasteiger partial charge in [-0.3, -0.25) is 4.79 Å². The third-order valence-corrected chi connectivity index (χ3v) is 6.24. The van der Waals surface area contributed by atoms with Crippen molar-refractivity contribution in [2.75, 3.05) is 31.7 Å². The number of benzene rings is 2. The maximum absolute atomic E-state index is 12.5. The number of hydrogen-bond donors (Lipinski definition) is 0. The zero-order valence-electron chi connectivity index (χ0n) is 19.5. The first kappa shape index (κ1) is 24.9.